The number of non-ortho nitro benzene ring substituents is 1. The molecule has 1 aromatic heterocycles. The van der Waals surface area contributed by atoms with Crippen LogP contribution in [0.2, 0.25) is 0 Å². The summed E-state index contributed by atoms with van der Waals surface area (Å²) in [4.78, 5) is 64.6. The van der Waals surface area contributed by atoms with E-state index in [2.05, 4.69) is 20.9 Å². The first-order valence-corrected chi connectivity index (χ1v) is 17.3. The van der Waals surface area contributed by atoms with Crippen molar-refractivity contribution in [1.29, 1.82) is 5.26 Å². The summed E-state index contributed by atoms with van der Waals surface area (Å²) in [5.74, 6) is -5.04. The molecule has 19 heteroatoms. The van der Waals surface area contributed by atoms with Crippen molar-refractivity contribution in [3.63, 3.8) is 0 Å². The summed E-state index contributed by atoms with van der Waals surface area (Å²) in [6, 6.07) is 10.1. The van der Waals surface area contributed by atoms with Crippen LogP contribution >= 0.6 is 0 Å². The normalized spacial score (nSPS) is 15.3. The van der Waals surface area contributed by atoms with Crippen LogP contribution in [0.25, 0.3) is 10.9 Å². The molecule has 3 aromatic rings. The smallest absolute Gasteiger partial charge is 0.299 e. The molecule has 4 rings (SSSR count). The minimum absolute atomic E-state index is 0.00581. The lowest BCUT2D eigenvalue weighted by Crippen LogP contribution is -2.43. The van der Waals surface area contributed by atoms with Crippen LogP contribution in [0.5, 0.6) is 0 Å². The van der Waals surface area contributed by atoms with Crippen molar-refractivity contribution < 1.29 is 42.5 Å². The van der Waals surface area contributed by atoms with Gasteiger partial charge in [0.25, 0.3) is 23.2 Å². The number of anilines is 2. The van der Waals surface area contributed by atoms with E-state index >= 15 is 0 Å². The number of aromatic nitrogens is 1. The number of fused-ring (bicyclic) bond motifs is 1. The van der Waals surface area contributed by atoms with Gasteiger partial charge in [-0.05, 0) is 58.7 Å². The minimum Gasteiger partial charge on any atom is -0.379 e. The molecule has 1 fully saturated rings. The lowest BCUT2D eigenvalue weighted by atomic mass is 10.0. The number of halogens is 2. The SMILES string of the molecule is CC(C)(CCNc1ccc([N+](=O)[O-])cc1[N+](=O)[O-])OCCC(C)(C)OCCC(=O)Nc1cccc2c(C(=O)NCC(=O)N3CC(F)(F)C[C@H]3C#N)ccnc12. The number of nitro benzene ring substituents is 2. The molecule has 1 aliphatic heterocycles. The van der Waals surface area contributed by atoms with Crippen LogP contribution in [0.15, 0.2) is 48.7 Å². The maximum absolute atomic E-state index is 13.8. The second kappa shape index (κ2) is 17.5. The van der Waals surface area contributed by atoms with Crippen LogP contribution in [0.1, 0.15) is 63.7 Å². The van der Waals surface area contributed by atoms with Gasteiger partial charge in [-0.25, -0.2) is 8.78 Å². The zero-order valence-corrected chi connectivity index (χ0v) is 30.7. The van der Waals surface area contributed by atoms with E-state index in [0.29, 0.717) is 42.6 Å². The number of pyridine rings is 1. The zero-order valence-electron chi connectivity index (χ0n) is 30.7. The van der Waals surface area contributed by atoms with Crippen LogP contribution in [0.3, 0.4) is 0 Å². The average molecular weight is 769 g/mol. The van der Waals surface area contributed by atoms with Crippen LogP contribution in [-0.4, -0.2) is 93.5 Å². The van der Waals surface area contributed by atoms with Gasteiger partial charge in [-0.2, -0.15) is 5.26 Å². The Kier molecular flexibility index (Phi) is 13.3. The van der Waals surface area contributed by atoms with Gasteiger partial charge < -0.3 is 30.3 Å². The molecule has 2 aromatic carbocycles. The van der Waals surface area contributed by atoms with Gasteiger partial charge >= 0.3 is 0 Å². The highest BCUT2D eigenvalue weighted by molar-refractivity contribution is 6.10. The fourth-order valence-corrected chi connectivity index (χ4v) is 5.80. The molecule has 0 saturated carbocycles. The molecule has 0 bridgehead atoms. The third kappa shape index (κ3) is 11.6. The van der Waals surface area contributed by atoms with Gasteiger partial charge in [-0.3, -0.25) is 39.6 Å². The number of para-hydroxylation sites is 1. The summed E-state index contributed by atoms with van der Waals surface area (Å²) in [7, 11) is 0. The molecule has 0 radical (unpaired) electrons. The summed E-state index contributed by atoms with van der Waals surface area (Å²) in [6.07, 6.45) is 1.53. The lowest BCUT2D eigenvalue weighted by molar-refractivity contribution is -0.393. The van der Waals surface area contributed by atoms with E-state index < -0.39 is 70.0 Å². The topological polar surface area (TPSA) is 232 Å². The van der Waals surface area contributed by atoms with Crippen LogP contribution < -0.4 is 16.0 Å². The number of nitriles is 1. The van der Waals surface area contributed by atoms with Crippen molar-refractivity contribution >= 4 is 51.4 Å². The van der Waals surface area contributed by atoms with Crippen molar-refractivity contribution in [1.82, 2.24) is 15.2 Å². The molecule has 294 valence electrons. The van der Waals surface area contributed by atoms with E-state index in [4.69, 9.17) is 14.7 Å². The zero-order chi connectivity index (χ0) is 40.6. The van der Waals surface area contributed by atoms with E-state index in [1.807, 2.05) is 27.7 Å². The van der Waals surface area contributed by atoms with Crippen molar-refractivity contribution in [2.45, 2.75) is 76.5 Å². The number of ether oxygens (including phenoxy) is 2. The number of nitrogens with one attached hydrogen (secondary N) is 3. The number of rotatable bonds is 18. The molecule has 17 nitrogen and oxygen atoms in total. The predicted octanol–water partition coefficient (Wildman–Crippen LogP) is 5.35. The van der Waals surface area contributed by atoms with Crippen LogP contribution in [0, 0.1) is 31.6 Å². The number of alkyl halides is 2. The molecular formula is C36H42F2N8O9. The van der Waals surface area contributed by atoms with Crippen LogP contribution in [0.4, 0.5) is 31.5 Å². The van der Waals surface area contributed by atoms with E-state index in [9.17, 15) is 43.4 Å². The molecule has 1 atom stereocenters. The standard InChI is InChI=1S/C36H42F2N8O9/c1-34(2,12-15-40-27-9-8-23(45(50)51)18-29(27)46(52)53)55-17-13-35(3,4)54-16-11-30(47)43-28-7-5-6-25-26(10-14-41-32(25)28)33(49)42-21-31(48)44-22-36(37,38)19-24(44)20-39/h5-10,14,18,24,40H,11-13,15-17,19,21-22H2,1-4H3,(H,42,49)(H,43,47)/t24-/m0/s1. The van der Waals surface area contributed by atoms with Crippen molar-refractivity contribution in [2.75, 3.05) is 43.5 Å². The molecule has 3 N–H and O–H groups in total. The number of hydrogen-bond donors (Lipinski definition) is 3. The number of likely N-dealkylation sites (tertiary alicyclic amines) is 1. The summed E-state index contributed by atoms with van der Waals surface area (Å²) in [5, 5.41) is 40.1. The van der Waals surface area contributed by atoms with Gasteiger partial charge in [0.1, 0.15) is 11.7 Å². The number of hydrogen-bond acceptors (Lipinski definition) is 12. The van der Waals surface area contributed by atoms with E-state index in [-0.39, 0.29) is 35.9 Å². The second-order valence-corrected chi connectivity index (χ2v) is 14.1. The van der Waals surface area contributed by atoms with Crippen molar-refractivity contribution in [3.05, 3.63) is 74.5 Å². The number of amides is 3. The Labute approximate surface area is 314 Å². The fourth-order valence-electron chi connectivity index (χ4n) is 5.80. The van der Waals surface area contributed by atoms with Gasteiger partial charge in [0, 0.05) is 30.6 Å². The van der Waals surface area contributed by atoms with Gasteiger partial charge in [0.05, 0.1) is 82.7 Å². The molecule has 2 heterocycles. The molecule has 3 amide bonds. The Hall–Kier alpha value is -5.87. The highest BCUT2D eigenvalue weighted by atomic mass is 19.3. The van der Waals surface area contributed by atoms with Crippen molar-refractivity contribution in [3.8, 4) is 6.07 Å². The highest BCUT2D eigenvalue weighted by Gasteiger charge is 2.47. The summed E-state index contributed by atoms with van der Waals surface area (Å²) in [5.41, 5.74) is -1.13. The summed E-state index contributed by atoms with van der Waals surface area (Å²) < 4.78 is 39.6. The van der Waals surface area contributed by atoms with Gasteiger partial charge in [-0.1, -0.05) is 12.1 Å². The lowest BCUT2D eigenvalue weighted by Gasteiger charge is -2.30. The number of carbonyl (C=O) groups is 3. The summed E-state index contributed by atoms with van der Waals surface area (Å²) in [6.45, 7) is 6.64. The number of carbonyl (C=O) groups excluding carboxylic acids is 3. The molecule has 0 unspecified atom stereocenters. The third-order valence-electron chi connectivity index (χ3n) is 8.88. The average Bonchev–Trinajstić information content (AvgIpc) is 3.44. The van der Waals surface area contributed by atoms with Gasteiger partial charge in [0.15, 0.2) is 0 Å². The Morgan fingerprint density at radius 3 is 2.42 bits per heavy atom. The Morgan fingerprint density at radius 2 is 1.73 bits per heavy atom. The third-order valence-corrected chi connectivity index (χ3v) is 8.88. The first-order valence-electron chi connectivity index (χ1n) is 17.3. The maximum Gasteiger partial charge on any atom is 0.299 e. The van der Waals surface area contributed by atoms with Crippen molar-refractivity contribution in [2.24, 2.45) is 0 Å². The molecule has 0 spiro atoms. The maximum atomic E-state index is 13.8. The van der Waals surface area contributed by atoms with E-state index in [0.717, 1.165) is 11.0 Å². The number of nitro groups is 2. The predicted molar refractivity (Wildman–Crippen MR) is 196 cm³/mol. The Balaban J connectivity index is 1.22. The Morgan fingerprint density at radius 1 is 1.02 bits per heavy atom. The molecular weight excluding hydrogens is 726 g/mol. The highest BCUT2D eigenvalue weighted by Crippen LogP contribution is 2.32. The van der Waals surface area contributed by atoms with E-state index in [1.54, 1.807) is 24.3 Å². The first kappa shape index (κ1) is 41.9. The fraction of sp³-hybridized carbons (Fsp3) is 0.472. The largest absolute Gasteiger partial charge is 0.379 e. The summed E-state index contributed by atoms with van der Waals surface area (Å²) >= 11 is 0. The molecule has 1 saturated heterocycles. The van der Waals surface area contributed by atoms with Gasteiger partial charge in [0.2, 0.25) is 11.8 Å². The number of nitrogens with zero attached hydrogens (tertiary/aromatic N) is 5. The molecule has 0 aliphatic carbocycles. The second-order valence-electron chi connectivity index (χ2n) is 14.1. The molecule has 55 heavy (non-hydrogen) atoms. The first-order chi connectivity index (χ1) is 25.8. The van der Waals surface area contributed by atoms with Gasteiger partial charge in [-0.15, -0.1) is 0 Å². The van der Waals surface area contributed by atoms with E-state index in [1.165, 1.54) is 24.4 Å². The Bertz CT molecular complexity index is 1990. The quantitative estimate of drug-likeness (QED) is 0.110. The molecule has 1 aliphatic rings. The minimum atomic E-state index is -3.18. The van der Waals surface area contributed by atoms with Crippen LogP contribution in [-0.2, 0) is 19.1 Å². The monoisotopic (exact) mass is 768 g/mol. The number of benzene rings is 2.